The van der Waals surface area contributed by atoms with Gasteiger partial charge in [-0.1, -0.05) is 47.9 Å². The molecule has 0 fully saturated rings. The fraction of sp³-hybridized carbons (Fsp3) is 0.214. The first-order valence-corrected chi connectivity index (χ1v) is 12.7. The lowest BCUT2D eigenvalue weighted by molar-refractivity contribution is 0.0519. The number of rotatable bonds is 15. The van der Waals surface area contributed by atoms with Gasteiger partial charge < -0.3 is 35.8 Å². The molecule has 204 valence electrons. The normalized spacial score (nSPS) is 10.6. The molecule has 1 amide bonds. The summed E-state index contributed by atoms with van der Waals surface area (Å²) in [6.07, 6.45) is 0. The average molecular weight is 539 g/mol. The number of carbonyl (C=O) groups excluding carboxylic acids is 1. The van der Waals surface area contributed by atoms with Gasteiger partial charge in [-0.3, -0.25) is 4.79 Å². The lowest BCUT2D eigenvalue weighted by Crippen LogP contribution is -2.28. The van der Waals surface area contributed by atoms with Crippen LogP contribution in [0.2, 0.25) is 0 Å². The van der Waals surface area contributed by atoms with Crippen LogP contribution < -0.4 is 26.7 Å². The molecule has 1 aromatic heterocycles. The second-order valence-electron chi connectivity index (χ2n) is 8.50. The van der Waals surface area contributed by atoms with E-state index in [9.17, 15) is 9.90 Å². The monoisotopic (exact) mass is 539 g/mol. The molecule has 40 heavy (non-hydrogen) atoms. The van der Waals surface area contributed by atoms with Crippen molar-refractivity contribution in [2.45, 2.75) is 0 Å². The van der Waals surface area contributed by atoms with E-state index in [1.165, 1.54) is 0 Å². The van der Waals surface area contributed by atoms with Crippen LogP contribution in [-0.4, -0.2) is 73.3 Å². The van der Waals surface area contributed by atoms with Gasteiger partial charge >= 0.3 is 0 Å². The van der Waals surface area contributed by atoms with Crippen molar-refractivity contribution in [2.24, 2.45) is 0 Å². The SMILES string of the molecule is [B]c1ccc(C(=O)NCCOCCOCCNc2nc(Nc3ccccc3)nc(Nc3ccc(O)cc3)n2)cc1. The number of aromatic nitrogens is 3. The summed E-state index contributed by atoms with van der Waals surface area (Å²) in [7, 11) is 5.63. The minimum atomic E-state index is -0.173. The zero-order valence-electron chi connectivity index (χ0n) is 21.8. The highest BCUT2D eigenvalue weighted by atomic mass is 16.5. The number of phenols is 1. The van der Waals surface area contributed by atoms with E-state index in [4.69, 9.17) is 17.3 Å². The summed E-state index contributed by atoms with van der Waals surface area (Å²) >= 11 is 0. The van der Waals surface area contributed by atoms with Crippen molar-refractivity contribution < 1.29 is 19.4 Å². The number of hydrogen-bond donors (Lipinski definition) is 5. The van der Waals surface area contributed by atoms with Gasteiger partial charge in [0.05, 0.1) is 26.4 Å². The summed E-state index contributed by atoms with van der Waals surface area (Å²) in [5.41, 5.74) is 2.71. The number of amides is 1. The number of hydrogen-bond acceptors (Lipinski definition) is 10. The lowest BCUT2D eigenvalue weighted by Gasteiger charge is -2.12. The van der Waals surface area contributed by atoms with E-state index in [1.807, 2.05) is 30.3 Å². The molecule has 0 aliphatic rings. The summed E-state index contributed by atoms with van der Waals surface area (Å²) in [5.74, 6) is 1.06. The van der Waals surface area contributed by atoms with Crippen molar-refractivity contribution >= 4 is 48.4 Å². The molecule has 5 N–H and O–H groups in total. The Morgan fingerprint density at radius 3 is 1.93 bits per heavy atom. The van der Waals surface area contributed by atoms with Crippen molar-refractivity contribution in [3.05, 3.63) is 84.4 Å². The number of anilines is 5. The highest BCUT2D eigenvalue weighted by molar-refractivity contribution is 6.32. The van der Waals surface area contributed by atoms with Crippen LogP contribution in [0.4, 0.5) is 29.2 Å². The van der Waals surface area contributed by atoms with E-state index in [2.05, 4.69) is 36.2 Å². The minimum Gasteiger partial charge on any atom is -0.508 e. The van der Waals surface area contributed by atoms with Crippen LogP contribution in [-0.2, 0) is 9.47 Å². The molecule has 3 aromatic carbocycles. The quantitative estimate of drug-likeness (QED) is 0.0870. The first-order valence-electron chi connectivity index (χ1n) is 12.7. The van der Waals surface area contributed by atoms with Gasteiger partial charge in [0, 0.05) is 30.0 Å². The first kappa shape index (κ1) is 28.3. The highest BCUT2D eigenvalue weighted by Gasteiger charge is 2.08. The zero-order valence-corrected chi connectivity index (χ0v) is 21.8. The summed E-state index contributed by atoms with van der Waals surface area (Å²) < 4.78 is 11.1. The van der Waals surface area contributed by atoms with E-state index in [1.54, 1.807) is 48.5 Å². The number of aromatic hydroxyl groups is 1. The molecule has 0 aliphatic carbocycles. The van der Waals surface area contributed by atoms with Crippen LogP contribution in [0.25, 0.3) is 0 Å². The third-order valence-corrected chi connectivity index (χ3v) is 5.40. The summed E-state index contributed by atoms with van der Waals surface area (Å²) in [5, 5.41) is 21.8. The summed E-state index contributed by atoms with van der Waals surface area (Å²) in [4.78, 5) is 25.4. The molecule has 2 radical (unpaired) electrons. The van der Waals surface area contributed by atoms with E-state index in [-0.39, 0.29) is 11.7 Å². The Labute approximate surface area is 233 Å². The van der Waals surface area contributed by atoms with Gasteiger partial charge in [-0.15, -0.1) is 0 Å². The molecule has 0 aliphatic heterocycles. The van der Waals surface area contributed by atoms with E-state index < -0.39 is 0 Å². The van der Waals surface area contributed by atoms with Gasteiger partial charge in [-0.05, 0) is 36.4 Å². The molecular formula is C28H30BN7O4. The molecule has 12 heteroatoms. The largest absolute Gasteiger partial charge is 0.508 e. The molecule has 4 aromatic rings. The third kappa shape index (κ3) is 9.57. The molecule has 0 saturated heterocycles. The first-order chi connectivity index (χ1) is 19.5. The van der Waals surface area contributed by atoms with Gasteiger partial charge in [0.15, 0.2) is 0 Å². The summed E-state index contributed by atoms with van der Waals surface area (Å²) in [6, 6.07) is 22.9. The Hall–Kier alpha value is -4.68. The minimum absolute atomic E-state index is 0.168. The highest BCUT2D eigenvalue weighted by Crippen LogP contribution is 2.20. The van der Waals surface area contributed by atoms with Gasteiger partial charge in [-0.2, -0.15) is 15.0 Å². The maximum absolute atomic E-state index is 12.0. The zero-order chi connectivity index (χ0) is 28.0. The Bertz CT molecular complexity index is 1340. The molecular weight excluding hydrogens is 509 g/mol. The van der Waals surface area contributed by atoms with Crippen LogP contribution >= 0.6 is 0 Å². The van der Waals surface area contributed by atoms with Gasteiger partial charge in [0.25, 0.3) is 5.91 Å². The maximum Gasteiger partial charge on any atom is 0.251 e. The van der Waals surface area contributed by atoms with Crippen molar-refractivity contribution in [3.8, 4) is 5.75 Å². The smallest absolute Gasteiger partial charge is 0.251 e. The molecule has 11 nitrogen and oxygen atoms in total. The van der Waals surface area contributed by atoms with Crippen molar-refractivity contribution in [1.82, 2.24) is 20.3 Å². The Balaban J connectivity index is 1.17. The molecule has 0 spiro atoms. The molecule has 0 unspecified atom stereocenters. The molecule has 0 bridgehead atoms. The van der Waals surface area contributed by atoms with E-state index >= 15 is 0 Å². The Kier molecular flexibility index (Phi) is 10.7. The number of ether oxygens (including phenoxy) is 2. The fourth-order valence-corrected chi connectivity index (χ4v) is 3.42. The number of nitrogens with one attached hydrogen (secondary N) is 4. The molecule has 4 rings (SSSR count). The predicted octanol–water partition coefficient (Wildman–Crippen LogP) is 2.73. The van der Waals surface area contributed by atoms with E-state index in [0.717, 1.165) is 5.69 Å². The second-order valence-corrected chi connectivity index (χ2v) is 8.50. The average Bonchev–Trinajstić information content (AvgIpc) is 2.96. The van der Waals surface area contributed by atoms with Gasteiger partial charge in [0.1, 0.15) is 13.6 Å². The van der Waals surface area contributed by atoms with Crippen LogP contribution in [0, 0.1) is 0 Å². The van der Waals surface area contributed by atoms with Crippen LogP contribution in [0.5, 0.6) is 5.75 Å². The predicted molar refractivity (Wildman–Crippen MR) is 155 cm³/mol. The number of benzene rings is 3. The lowest BCUT2D eigenvalue weighted by atomic mass is 9.95. The van der Waals surface area contributed by atoms with Gasteiger partial charge in [0.2, 0.25) is 17.8 Å². The molecule has 0 atom stereocenters. The fourth-order valence-electron chi connectivity index (χ4n) is 3.42. The Morgan fingerprint density at radius 1 is 0.700 bits per heavy atom. The Morgan fingerprint density at radius 2 is 1.27 bits per heavy atom. The topological polar surface area (TPSA) is 143 Å². The van der Waals surface area contributed by atoms with Crippen LogP contribution in [0.15, 0.2) is 78.9 Å². The standard InChI is InChI=1S/C28H30BN7O4/c29-21-8-6-20(7-9-21)25(38)30-14-16-39-18-19-40-17-15-31-26-34-27(32-22-4-2-1-3-5-22)36-28(35-26)33-23-10-12-24(37)13-11-23/h1-13,37H,14-19H2,(H,30,38)(H3,31,32,33,34,35,36). The third-order valence-electron chi connectivity index (χ3n) is 5.40. The number of nitrogens with zero attached hydrogens (tertiary/aromatic N) is 3. The number of para-hydroxylation sites is 1. The van der Waals surface area contributed by atoms with Crippen LogP contribution in [0.1, 0.15) is 10.4 Å². The second kappa shape index (κ2) is 15.1. The number of phenolic OH excluding ortho intramolecular Hbond substituents is 1. The van der Waals surface area contributed by atoms with Crippen molar-refractivity contribution in [3.63, 3.8) is 0 Å². The van der Waals surface area contributed by atoms with Crippen LogP contribution in [0.3, 0.4) is 0 Å². The number of carbonyl (C=O) groups is 1. The molecule has 0 saturated carbocycles. The van der Waals surface area contributed by atoms with E-state index in [0.29, 0.717) is 74.1 Å². The summed E-state index contributed by atoms with van der Waals surface area (Å²) in [6.45, 7) is 2.44. The van der Waals surface area contributed by atoms with Gasteiger partial charge in [-0.25, -0.2) is 0 Å². The van der Waals surface area contributed by atoms with Crippen molar-refractivity contribution in [2.75, 3.05) is 55.5 Å². The molecule has 1 heterocycles. The maximum atomic E-state index is 12.0. The van der Waals surface area contributed by atoms with Crippen molar-refractivity contribution in [1.29, 1.82) is 0 Å².